The van der Waals surface area contributed by atoms with E-state index in [1.54, 1.807) is 0 Å². The molecule has 2 atom stereocenters. The molecule has 0 bridgehead atoms. The third-order valence-corrected chi connectivity index (χ3v) is 9.26. The van der Waals surface area contributed by atoms with Crippen molar-refractivity contribution in [3.8, 4) is 0 Å². The van der Waals surface area contributed by atoms with Crippen molar-refractivity contribution in [1.29, 1.82) is 0 Å². The zero-order chi connectivity index (χ0) is 13.0. The molecule has 3 nitrogen and oxygen atoms in total. The molecule has 0 saturated heterocycles. The lowest BCUT2D eigenvalue weighted by Gasteiger charge is -2.36. The van der Waals surface area contributed by atoms with Crippen LogP contribution in [-0.4, -0.2) is 41.8 Å². The van der Waals surface area contributed by atoms with Gasteiger partial charge in [0.05, 0.1) is 12.7 Å². The first kappa shape index (κ1) is 16.8. The van der Waals surface area contributed by atoms with E-state index in [1.807, 2.05) is 0 Å². The average molecular weight is 360 g/mol. The number of rotatable bonds is 6. The SMILES string of the molecule is CC(C)(C)[Si](C)(C)OCC[C@@H](I)[C@@H](O)CO. The third-order valence-electron chi connectivity index (χ3n) is 3.27. The molecule has 16 heavy (non-hydrogen) atoms. The first-order valence-corrected chi connectivity index (χ1v) is 9.84. The summed E-state index contributed by atoms with van der Waals surface area (Å²) < 4.78 is 6.06. The molecule has 0 amide bonds. The molecular formula is C11H25IO3Si. The number of aliphatic hydroxyl groups is 2. The molecule has 0 rings (SSSR count). The average Bonchev–Trinajstić information content (AvgIpc) is 2.14. The fourth-order valence-corrected chi connectivity index (χ4v) is 2.49. The Morgan fingerprint density at radius 2 is 1.81 bits per heavy atom. The van der Waals surface area contributed by atoms with Crippen molar-refractivity contribution in [3.63, 3.8) is 0 Å². The minimum atomic E-state index is -1.66. The fraction of sp³-hybridized carbons (Fsp3) is 1.00. The van der Waals surface area contributed by atoms with Gasteiger partial charge in [0.15, 0.2) is 8.32 Å². The van der Waals surface area contributed by atoms with Crippen molar-refractivity contribution in [2.24, 2.45) is 0 Å². The molecule has 0 fully saturated rings. The van der Waals surface area contributed by atoms with Crippen molar-refractivity contribution in [3.05, 3.63) is 0 Å². The van der Waals surface area contributed by atoms with Crippen LogP contribution >= 0.6 is 22.6 Å². The van der Waals surface area contributed by atoms with Gasteiger partial charge in [-0.25, -0.2) is 0 Å². The van der Waals surface area contributed by atoms with Crippen LogP contribution in [0.15, 0.2) is 0 Å². The lowest BCUT2D eigenvalue weighted by Crippen LogP contribution is -2.41. The van der Waals surface area contributed by atoms with Crippen LogP contribution in [-0.2, 0) is 4.43 Å². The van der Waals surface area contributed by atoms with Gasteiger partial charge in [-0.1, -0.05) is 43.4 Å². The minimum absolute atomic E-state index is 0.0624. The van der Waals surface area contributed by atoms with E-state index in [2.05, 4.69) is 56.5 Å². The van der Waals surface area contributed by atoms with Gasteiger partial charge in [0.25, 0.3) is 0 Å². The maximum Gasteiger partial charge on any atom is 0.191 e. The number of hydrogen-bond acceptors (Lipinski definition) is 3. The highest BCUT2D eigenvalue weighted by Gasteiger charge is 2.37. The summed E-state index contributed by atoms with van der Waals surface area (Å²) in [6.45, 7) is 11.6. The second kappa shape index (κ2) is 6.68. The van der Waals surface area contributed by atoms with Gasteiger partial charge in [-0.3, -0.25) is 0 Å². The Morgan fingerprint density at radius 3 is 2.19 bits per heavy atom. The Hall–Kier alpha value is 0.827. The quantitative estimate of drug-likeness (QED) is 0.435. The first-order valence-electron chi connectivity index (χ1n) is 5.69. The molecule has 0 aromatic heterocycles. The standard InChI is InChI=1S/C11H25IO3Si/c1-11(2,3)16(4,5)15-7-6-9(12)10(14)8-13/h9-10,13-14H,6-8H2,1-5H3/t9-,10+/m1/s1. The molecule has 2 N–H and O–H groups in total. The van der Waals surface area contributed by atoms with Gasteiger partial charge in [0.2, 0.25) is 0 Å². The summed E-state index contributed by atoms with van der Waals surface area (Å²) in [5.41, 5.74) is 0. The fourth-order valence-electron chi connectivity index (χ4n) is 0.950. The predicted octanol–water partition coefficient (Wildman–Crippen LogP) is 2.56. The molecule has 98 valence electrons. The van der Waals surface area contributed by atoms with E-state index in [0.717, 1.165) is 6.42 Å². The lowest BCUT2D eigenvalue weighted by atomic mass is 10.2. The summed E-state index contributed by atoms with van der Waals surface area (Å²) in [5, 5.41) is 18.4. The molecule has 0 aliphatic heterocycles. The maximum absolute atomic E-state index is 9.41. The van der Waals surface area contributed by atoms with Gasteiger partial charge in [-0.2, -0.15) is 0 Å². The van der Waals surface area contributed by atoms with Gasteiger partial charge in [-0.05, 0) is 24.6 Å². The molecule has 0 heterocycles. The van der Waals surface area contributed by atoms with Crippen molar-refractivity contribution < 1.29 is 14.6 Å². The minimum Gasteiger partial charge on any atom is -0.417 e. The van der Waals surface area contributed by atoms with E-state index in [4.69, 9.17) is 9.53 Å². The Kier molecular flexibility index (Phi) is 7.02. The summed E-state index contributed by atoms with van der Waals surface area (Å²) in [6, 6.07) is 0. The number of hydrogen-bond donors (Lipinski definition) is 2. The molecule has 0 unspecified atom stereocenters. The van der Waals surface area contributed by atoms with Crippen LogP contribution in [0.25, 0.3) is 0 Å². The Labute approximate surface area is 114 Å². The lowest BCUT2D eigenvalue weighted by molar-refractivity contribution is 0.0907. The second-order valence-corrected chi connectivity index (χ2v) is 12.1. The highest BCUT2D eigenvalue weighted by molar-refractivity contribution is 14.1. The van der Waals surface area contributed by atoms with Gasteiger partial charge < -0.3 is 14.6 Å². The number of halogens is 1. The topological polar surface area (TPSA) is 49.7 Å². The Bertz CT molecular complexity index is 204. The molecule has 0 saturated carbocycles. The molecule has 0 radical (unpaired) electrons. The van der Waals surface area contributed by atoms with Crippen LogP contribution in [0.4, 0.5) is 0 Å². The van der Waals surface area contributed by atoms with E-state index in [1.165, 1.54) is 0 Å². The largest absolute Gasteiger partial charge is 0.417 e. The summed E-state index contributed by atoms with van der Waals surface area (Å²) in [4.78, 5) is 0. The van der Waals surface area contributed by atoms with Crippen molar-refractivity contribution in [1.82, 2.24) is 0 Å². The van der Waals surface area contributed by atoms with Crippen molar-refractivity contribution in [2.45, 2.75) is 55.4 Å². The van der Waals surface area contributed by atoms with E-state index in [0.29, 0.717) is 6.61 Å². The summed E-state index contributed by atoms with van der Waals surface area (Å²) in [5.74, 6) is 0. The normalized spacial score (nSPS) is 17.2. The molecule has 0 aliphatic rings. The molecule has 0 spiro atoms. The van der Waals surface area contributed by atoms with E-state index < -0.39 is 14.4 Å². The van der Waals surface area contributed by atoms with Crippen LogP contribution in [0.5, 0.6) is 0 Å². The second-order valence-electron chi connectivity index (χ2n) is 5.66. The number of alkyl halides is 1. The molecule has 5 heteroatoms. The van der Waals surface area contributed by atoms with Gasteiger partial charge >= 0.3 is 0 Å². The zero-order valence-electron chi connectivity index (χ0n) is 11.0. The van der Waals surface area contributed by atoms with Crippen LogP contribution in [0.2, 0.25) is 18.1 Å². The Morgan fingerprint density at radius 1 is 1.31 bits per heavy atom. The van der Waals surface area contributed by atoms with Crippen LogP contribution in [0, 0.1) is 0 Å². The van der Waals surface area contributed by atoms with E-state index >= 15 is 0 Å². The highest BCUT2D eigenvalue weighted by Crippen LogP contribution is 2.36. The van der Waals surface area contributed by atoms with Crippen molar-refractivity contribution in [2.75, 3.05) is 13.2 Å². The summed E-state index contributed by atoms with van der Waals surface area (Å²) >= 11 is 2.17. The maximum atomic E-state index is 9.41. The van der Waals surface area contributed by atoms with Crippen LogP contribution in [0.1, 0.15) is 27.2 Å². The van der Waals surface area contributed by atoms with Gasteiger partial charge in [0, 0.05) is 10.5 Å². The number of aliphatic hydroxyl groups excluding tert-OH is 2. The van der Waals surface area contributed by atoms with Crippen LogP contribution in [0.3, 0.4) is 0 Å². The molecular weight excluding hydrogens is 335 g/mol. The summed E-state index contributed by atoms with van der Waals surface area (Å²) in [7, 11) is -1.66. The smallest absolute Gasteiger partial charge is 0.191 e. The van der Waals surface area contributed by atoms with Gasteiger partial charge in [0.1, 0.15) is 0 Å². The monoisotopic (exact) mass is 360 g/mol. The molecule has 0 aromatic carbocycles. The summed E-state index contributed by atoms with van der Waals surface area (Å²) in [6.07, 6.45) is 0.151. The third kappa shape index (κ3) is 5.44. The van der Waals surface area contributed by atoms with E-state index in [-0.39, 0.29) is 15.6 Å². The van der Waals surface area contributed by atoms with Crippen LogP contribution < -0.4 is 0 Å². The first-order chi connectivity index (χ1) is 7.12. The predicted molar refractivity (Wildman–Crippen MR) is 78.7 cm³/mol. The van der Waals surface area contributed by atoms with Gasteiger partial charge in [-0.15, -0.1) is 0 Å². The zero-order valence-corrected chi connectivity index (χ0v) is 14.1. The molecule has 0 aromatic rings. The Balaban J connectivity index is 3.99. The molecule has 0 aliphatic carbocycles. The van der Waals surface area contributed by atoms with E-state index in [9.17, 15) is 5.11 Å². The van der Waals surface area contributed by atoms with Crippen molar-refractivity contribution >= 4 is 30.9 Å². The highest BCUT2D eigenvalue weighted by atomic mass is 127.